The zero-order valence-corrected chi connectivity index (χ0v) is 8.42. The minimum Gasteiger partial charge on any atom is -0.466 e. The fourth-order valence-electron chi connectivity index (χ4n) is 1.01. The summed E-state index contributed by atoms with van der Waals surface area (Å²) in [6.07, 6.45) is 0.988. The maximum Gasteiger partial charge on any atom is 0.307 e. The zero-order chi connectivity index (χ0) is 10.3. The van der Waals surface area contributed by atoms with Crippen LogP contribution in [0.4, 0.5) is 0 Å². The van der Waals surface area contributed by atoms with E-state index in [4.69, 9.17) is 4.74 Å². The quantitative estimate of drug-likeness (QED) is 0.649. The topological polar surface area (TPSA) is 55.4 Å². The van der Waals surface area contributed by atoms with Gasteiger partial charge < -0.3 is 10.1 Å². The van der Waals surface area contributed by atoms with Crippen molar-refractivity contribution < 1.29 is 14.3 Å². The molecule has 0 aliphatic heterocycles. The first-order chi connectivity index (χ1) is 6.10. The highest BCUT2D eigenvalue weighted by Crippen LogP contribution is 1.99. The van der Waals surface area contributed by atoms with Crippen LogP contribution in [0.2, 0.25) is 0 Å². The van der Waals surface area contributed by atoms with E-state index < -0.39 is 0 Å². The Balaban J connectivity index is 3.83. The first-order valence-electron chi connectivity index (χ1n) is 4.52. The Bertz CT molecular complexity index is 180. The highest BCUT2D eigenvalue weighted by molar-refractivity contribution is 5.75. The lowest BCUT2D eigenvalue weighted by Crippen LogP contribution is -2.34. The van der Waals surface area contributed by atoms with Crippen LogP contribution in [0, 0.1) is 0 Å². The van der Waals surface area contributed by atoms with Crippen LogP contribution in [0.3, 0.4) is 0 Å². The van der Waals surface area contributed by atoms with E-state index in [2.05, 4.69) is 5.32 Å². The van der Waals surface area contributed by atoms with Crippen LogP contribution in [-0.2, 0) is 14.3 Å². The van der Waals surface area contributed by atoms with Crippen molar-refractivity contribution in [1.29, 1.82) is 0 Å². The average molecular weight is 187 g/mol. The Labute approximate surface area is 78.6 Å². The Hall–Kier alpha value is -1.06. The van der Waals surface area contributed by atoms with E-state index in [0.29, 0.717) is 6.61 Å². The lowest BCUT2D eigenvalue weighted by molar-refractivity contribution is -0.143. The number of amides is 1. The summed E-state index contributed by atoms with van der Waals surface area (Å²) in [6, 6.07) is -0.100. The molecule has 1 atom stereocenters. The molecular formula is C9H17NO3. The number of carbonyl (C=O) groups excluding carboxylic acids is 2. The Morgan fingerprint density at radius 2 is 2.00 bits per heavy atom. The summed E-state index contributed by atoms with van der Waals surface area (Å²) >= 11 is 0. The van der Waals surface area contributed by atoms with Crippen LogP contribution in [0.25, 0.3) is 0 Å². The van der Waals surface area contributed by atoms with Crippen LogP contribution in [0.1, 0.15) is 33.6 Å². The SMILES string of the molecule is CCOC(=O)C[C@@H](CC)NC(C)=O. The second-order valence-corrected chi connectivity index (χ2v) is 2.81. The molecule has 4 nitrogen and oxygen atoms in total. The Kier molecular flexibility index (Phi) is 5.93. The summed E-state index contributed by atoms with van der Waals surface area (Å²) in [7, 11) is 0. The van der Waals surface area contributed by atoms with Crippen molar-refractivity contribution in [3.63, 3.8) is 0 Å². The smallest absolute Gasteiger partial charge is 0.307 e. The van der Waals surface area contributed by atoms with Crippen LogP contribution < -0.4 is 5.32 Å². The molecule has 0 aromatic carbocycles. The number of ether oxygens (including phenoxy) is 1. The molecule has 13 heavy (non-hydrogen) atoms. The highest BCUT2D eigenvalue weighted by atomic mass is 16.5. The third-order valence-corrected chi connectivity index (χ3v) is 1.62. The van der Waals surface area contributed by atoms with Crippen molar-refractivity contribution in [1.82, 2.24) is 5.32 Å². The van der Waals surface area contributed by atoms with E-state index in [0.717, 1.165) is 6.42 Å². The monoisotopic (exact) mass is 187 g/mol. The molecule has 0 saturated heterocycles. The van der Waals surface area contributed by atoms with Crippen molar-refractivity contribution >= 4 is 11.9 Å². The van der Waals surface area contributed by atoms with Crippen LogP contribution in [0.5, 0.6) is 0 Å². The standard InChI is InChI=1S/C9H17NO3/c1-4-8(10-7(3)11)6-9(12)13-5-2/h8H,4-6H2,1-3H3,(H,10,11)/t8-/m1/s1. The summed E-state index contributed by atoms with van der Waals surface area (Å²) in [5.41, 5.74) is 0. The minimum atomic E-state index is -0.261. The van der Waals surface area contributed by atoms with E-state index in [1.54, 1.807) is 6.92 Å². The Morgan fingerprint density at radius 1 is 1.38 bits per heavy atom. The van der Waals surface area contributed by atoms with Gasteiger partial charge >= 0.3 is 5.97 Å². The minimum absolute atomic E-state index is 0.100. The lowest BCUT2D eigenvalue weighted by atomic mass is 10.1. The fraction of sp³-hybridized carbons (Fsp3) is 0.778. The van der Waals surface area contributed by atoms with Crippen molar-refractivity contribution in [3.8, 4) is 0 Å². The molecule has 76 valence electrons. The molecule has 0 bridgehead atoms. The summed E-state index contributed by atoms with van der Waals surface area (Å²) in [4.78, 5) is 21.7. The third kappa shape index (κ3) is 6.13. The van der Waals surface area contributed by atoms with Gasteiger partial charge in [-0.15, -0.1) is 0 Å². The number of hydrogen-bond acceptors (Lipinski definition) is 3. The maximum absolute atomic E-state index is 11.0. The van der Waals surface area contributed by atoms with Gasteiger partial charge in [-0.05, 0) is 13.3 Å². The molecule has 0 aliphatic carbocycles. The molecule has 0 unspecified atom stereocenters. The van der Waals surface area contributed by atoms with E-state index in [-0.39, 0.29) is 24.3 Å². The molecule has 0 spiro atoms. The van der Waals surface area contributed by atoms with Gasteiger partial charge in [0.2, 0.25) is 5.91 Å². The largest absolute Gasteiger partial charge is 0.466 e. The van der Waals surface area contributed by atoms with Crippen molar-refractivity contribution in [3.05, 3.63) is 0 Å². The molecule has 0 saturated carbocycles. The zero-order valence-electron chi connectivity index (χ0n) is 8.42. The maximum atomic E-state index is 11.0. The predicted octanol–water partition coefficient (Wildman–Crippen LogP) is 0.854. The predicted molar refractivity (Wildman–Crippen MR) is 49.1 cm³/mol. The van der Waals surface area contributed by atoms with Gasteiger partial charge in [0, 0.05) is 13.0 Å². The van der Waals surface area contributed by atoms with Gasteiger partial charge in [-0.1, -0.05) is 6.92 Å². The first-order valence-corrected chi connectivity index (χ1v) is 4.52. The van der Waals surface area contributed by atoms with Gasteiger partial charge in [-0.2, -0.15) is 0 Å². The van der Waals surface area contributed by atoms with Gasteiger partial charge in [0.25, 0.3) is 0 Å². The molecule has 0 radical (unpaired) electrons. The van der Waals surface area contributed by atoms with Crippen molar-refractivity contribution in [2.45, 2.75) is 39.7 Å². The van der Waals surface area contributed by atoms with Gasteiger partial charge in [0.05, 0.1) is 13.0 Å². The summed E-state index contributed by atoms with van der Waals surface area (Å²) in [5, 5.41) is 2.68. The third-order valence-electron chi connectivity index (χ3n) is 1.62. The molecule has 0 aromatic rings. The van der Waals surface area contributed by atoms with Crippen LogP contribution in [0.15, 0.2) is 0 Å². The summed E-state index contributed by atoms with van der Waals surface area (Å²) < 4.78 is 4.77. The average Bonchev–Trinajstić information content (AvgIpc) is 2.02. The highest BCUT2D eigenvalue weighted by Gasteiger charge is 2.12. The van der Waals surface area contributed by atoms with Crippen LogP contribution in [-0.4, -0.2) is 24.5 Å². The molecule has 0 rings (SSSR count). The number of hydrogen-bond donors (Lipinski definition) is 1. The van der Waals surface area contributed by atoms with Crippen molar-refractivity contribution in [2.24, 2.45) is 0 Å². The molecule has 4 heteroatoms. The lowest BCUT2D eigenvalue weighted by Gasteiger charge is -2.14. The van der Waals surface area contributed by atoms with Crippen molar-refractivity contribution in [2.75, 3.05) is 6.61 Å². The molecule has 0 fully saturated rings. The van der Waals surface area contributed by atoms with Gasteiger partial charge in [0.15, 0.2) is 0 Å². The van der Waals surface area contributed by atoms with E-state index in [1.165, 1.54) is 6.92 Å². The van der Waals surface area contributed by atoms with E-state index in [1.807, 2.05) is 6.92 Å². The second-order valence-electron chi connectivity index (χ2n) is 2.81. The normalized spacial score (nSPS) is 11.9. The second kappa shape index (κ2) is 6.46. The van der Waals surface area contributed by atoms with E-state index in [9.17, 15) is 9.59 Å². The number of esters is 1. The number of carbonyl (C=O) groups is 2. The summed E-state index contributed by atoms with van der Waals surface area (Å²) in [5.74, 6) is -0.376. The molecular weight excluding hydrogens is 170 g/mol. The molecule has 0 aromatic heterocycles. The number of rotatable bonds is 5. The van der Waals surface area contributed by atoms with Gasteiger partial charge in [-0.3, -0.25) is 9.59 Å². The molecule has 0 heterocycles. The van der Waals surface area contributed by atoms with Gasteiger partial charge in [-0.25, -0.2) is 0 Å². The van der Waals surface area contributed by atoms with Gasteiger partial charge in [0.1, 0.15) is 0 Å². The summed E-state index contributed by atoms with van der Waals surface area (Å²) in [6.45, 7) is 5.50. The molecule has 0 aliphatic rings. The van der Waals surface area contributed by atoms with Crippen LogP contribution >= 0.6 is 0 Å². The first kappa shape index (κ1) is 11.9. The number of nitrogens with one attached hydrogen (secondary N) is 1. The molecule has 1 N–H and O–H groups in total. The van der Waals surface area contributed by atoms with E-state index >= 15 is 0 Å². The fourth-order valence-corrected chi connectivity index (χ4v) is 1.01. The molecule has 1 amide bonds. The Morgan fingerprint density at radius 3 is 2.38 bits per heavy atom.